The molecule has 0 bridgehead atoms. The van der Waals surface area contributed by atoms with Crippen molar-refractivity contribution in [3.63, 3.8) is 0 Å². The summed E-state index contributed by atoms with van der Waals surface area (Å²) in [6.07, 6.45) is 0. The van der Waals surface area contributed by atoms with Crippen molar-refractivity contribution in [2.45, 2.75) is 0 Å². The molecule has 0 saturated heterocycles. The van der Waals surface area contributed by atoms with E-state index >= 15 is 0 Å². The molecular formula is C43H25N3O2. The molecule has 0 unspecified atom stereocenters. The highest BCUT2D eigenvalue weighted by atomic mass is 16.3. The van der Waals surface area contributed by atoms with E-state index in [1.54, 1.807) is 0 Å². The molecule has 5 nitrogen and oxygen atoms in total. The van der Waals surface area contributed by atoms with Crippen LogP contribution in [0, 0.1) is 0 Å². The number of rotatable bonds is 4. The van der Waals surface area contributed by atoms with Gasteiger partial charge in [0.15, 0.2) is 17.5 Å². The number of aromatic nitrogens is 3. The van der Waals surface area contributed by atoms with Crippen molar-refractivity contribution in [3.05, 3.63) is 152 Å². The van der Waals surface area contributed by atoms with Crippen molar-refractivity contribution in [1.82, 2.24) is 15.0 Å². The normalized spacial score (nSPS) is 11.8. The highest BCUT2D eigenvalue weighted by Gasteiger charge is 2.20. The molecule has 48 heavy (non-hydrogen) atoms. The topological polar surface area (TPSA) is 65.0 Å². The van der Waals surface area contributed by atoms with Crippen molar-refractivity contribution in [3.8, 4) is 45.3 Å². The number of benzene rings is 7. The van der Waals surface area contributed by atoms with E-state index in [-0.39, 0.29) is 0 Å². The maximum atomic E-state index is 6.64. The summed E-state index contributed by atoms with van der Waals surface area (Å²) in [6.45, 7) is 0. The average molecular weight is 616 g/mol. The predicted molar refractivity (Wildman–Crippen MR) is 194 cm³/mol. The lowest BCUT2D eigenvalue weighted by Gasteiger charge is -2.09. The lowest BCUT2D eigenvalue weighted by atomic mass is 9.95. The number of hydrogen-bond donors (Lipinski definition) is 0. The fourth-order valence-electron chi connectivity index (χ4n) is 6.91. The minimum absolute atomic E-state index is 0.587. The van der Waals surface area contributed by atoms with Gasteiger partial charge in [-0.05, 0) is 52.7 Å². The first-order valence-electron chi connectivity index (χ1n) is 15.9. The molecule has 10 aromatic rings. The van der Waals surface area contributed by atoms with Gasteiger partial charge in [-0.15, -0.1) is 0 Å². The van der Waals surface area contributed by atoms with Crippen LogP contribution >= 0.6 is 0 Å². The molecular weight excluding hydrogens is 590 g/mol. The largest absolute Gasteiger partial charge is 0.456 e. The van der Waals surface area contributed by atoms with Crippen LogP contribution in [0.25, 0.3) is 99.9 Å². The summed E-state index contributed by atoms with van der Waals surface area (Å²) in [6, 6.07) is 51.6. The molecule has 3 aromatic heterocycles. The van der Waals surface area contributed by atoms with Crippen LogP contribution in [-0.2, 0) is 0 Å². The first-order valence-corrected chi connectivity index (χ1v) is 15.9. The number of fused-ring (bicyclic) bond motifs is 7. The summed E-state index contributed by atoms with van der Waals surface area (Å²) < 4.78 is 12.9. The number of para-hydroxylation sites is 1. The molecule has 0 N–H and O–H groups in total. The molecule has 0 radical (unpaired) electrons. The van der Waals surface area contributed by atoms with Crippen molar-refractivity contribution in [1.29, 1.82) is 0 Å². The summed E-state index contributed by atoms with van der Waals surface area (Å²) in [5.41, 5.74) is 8.21. The zero-order valence-corrected chi connectivity index (χ0v) is 25.6. The molecule has 0 aliphatic rings. The van der Waals surface area contributed by atoms with Gasteiger partial charge in [0, 0.05) is 43.8 Å². The zero-order chi connectivity index (χ0) is 31.6. The molecule has 0 saturated carbocycles. The Morgan fingerprint density at radius 3 is 1.85 bits per heavy atom. The maximum absolute atomic E-state index is 6.64. The van der Waals surface area contributed by atoms with Crippen molar-refractivity contribution >= 4 is 54.6 Å². The van der Waals surface area contributed by atoms with Crippen LogP contribution in [0.4, 0.5) is 0 Å². The van der Waals surface area contributed by atoms with Gasteiger partial charge in [0.25, 0.3) is 0 Å². The van der Waals surface area contributed by atoms with Crippen LogP contribution in [0.5, 0.6) is 0 Å². The molecule has 0 fully saturated rings. The van der Waals surface area contributed by atoms with Crippen LogP contribution in [0.1, 0.15) is 0 Å². The molecule has 0 amide bonds. The Morgan fingerprint density at radius 2 is 1.02 bits per heavy atom. The van der Waals surface area contributed by atoms with Gasteiger partial charge in [-0.3, -0.25) is 0 Å². The molecule has 224 valence electrons. The van der Waals surface area contributed by atoms with Crippen LogP contribution in [-0.4, -0.2) is 15.0 Å². The summed E-state index contributed by atoms with van der Waals surface area (Å²) in [5.74, 6) is 1.78. The van der Waals surface area contributed by atoms with Gasteiger partial charge in [-0.25, -0.2) is 15.0 Å². The van der Waals surface area contributed by atoms with Crippen molar-refractivity contribution in [2.24, 2.45) is 0 Å². The standard InChI is InChI=1S/C43H25N3O2/c1-3-12-26(13-4-1)38-30-17-8-7-16-28(30)24-34-33-25-29(22-23-36(33)48-40(34)38)42-44-41(27-14-5-2-6-15-27)45-43(46-42)32-19-11-21-37-39(32)31-18-9-10-20-35(31)47-37/h1-25H. The Balaban J connectivity index is 1.23. The first kappa shape index (κ1) is 26.6. The Bertz CT molecular complexity index is 2840. The molecule has 0 aliphatic carbocycles. The van der Waals surface area contributed by atoms with Gasteiger partial charge in [-0.2, -0.15) is 0 Å². The van der Waals surface area contributed by atoms with Crippen LogP contribution in [0.15, 0.2) is 160 Å². The average Bonchev–Trinajstić information content (AvgIpc) is 3.72. The molecule has 0 atom stereocenters. The monoisotopic (exact) mass is 615 g/mol. The van der Waals surface area contributed by atoms with E-state index in [0.29, 0.717) is 17.5 Å². The third-order valence-corrected chi connectivity index (χ3v) is 9.11. The van der Waals surface area contributed by atoms with Crippen LogP contribution in [0.3, 0.4) is 0 Å². The number of furan rings is 2. The van der Waals surface area contributed by atoms with Crippen molar-refractivity contribution < 1.29 is 8.83 Å². The van der Waals surface area contributed by atoms with Crippen molar-refractivity contribution in [2.75, 3.05) is 0 Å². The molecule has 5 heteroatoms. The lowest BCUT2D eigenvalue weighted by Crippen LogP contribution is -2.00. The van der Waals surface area contributed by atoms with Gasteiger partial charge >= 0.3 is 0 Å². The number of hydrogen-bond acceptors (Lipinski definition) is 5. The van der Waals surface area contributed by atoms with Gasteiger partial charge in [0.05, 0.1) is 0 Å². The minimum Gasteiger partial charge on any atom is -0.456 e. The van der Waals surface area contributed by atoms with E-state index in [1.165, 1.54) is 0 Å². The second kappa shape index (κ2) is 10.5. The predicted octanol–water partition coefficient (Wildman–Crippen LogP) is 11.5. The molecule has 0 aliphatic heterocycles. The SMILES string of the molecule is c1ccc(-c2nc(-c3ccc4oc5c(-c6ccccc6)c6ccccc6cc5c4c3)nc(-c3cccc4oc5ccccc5c34)n2)cc1. The molecule has 3 heterocycles. The highest BCUT2D eigenvalue weighted by molar-refractivity contribution is 6.18. The quantitative estimate of drug-likeness (QED) is 0.197. The van der Waals surface area contributed by atoms with Gasteiger partial charge in [0.1, 0.15) is 22.3 Å². The summed E-state index contributed by atoms with van der Waals surface area (Å²) in [7, 11) is 0. The lowest BCUT2D eigenvalue weighted by molar-refractivity contribution is 0.669. The van der Waals surface area contributed by atoms with Gasteiger partial charge in [0.2, 0.25) is 0 Å². The van der Waals surface area contributed by atoms with E-state index in [9.17, 15) is 0 Å². The molecule has 0 spiro atoms. The third kappa shape index (κ3) is 4.15. The van der Waals surface area contributed by atoms with Crippen LogP contribution < -0.4 is 0 Å². The molecule has 7 aromatic carbocycles. The Hall–Kier alpha value is -6.59. The maximum Gasteiger partial charge on any atom is 0.164 e. The Kier molecular flexibility index (Phi) is 5.81. The zero-order valence-electron chi connectivity index (χ0n) is 25.6. The van der Waals surface area contributed by atoms with E-state index in [0.717, 1.165) is 82.5 Å². The Labute approximate surface area is 274 Å². The summed E-state index contributed by atoms with van der Waals surface area (Å²) >= 11 is 0. The summed E-state index contributed by atoms with van der Waals surface area (Å²) in [5, 5.41) is 6.39. The summed E-state index contributed by atoms with van der Waals surface area (Å²) in [4.78, 5) is 15.2. The third-order valence-electron chi connectivity index (χ3n) is 9.11. The van der Waals surface area contributed by atoms with Gasteiger partial charge in [-0.1, -0.05) is 115 Å². The number of nitrogens with zero attached hydrogens (tertiary/aromatic N) is 3. The molecule has 10 rings (SSSR count). The second-order valence-electron chi connectivity index (χ2n) is 12.0. The van der Waals surface area contributed by atoms with Gasteiger partial charge < -0.3 is 8.83 Å². The highest BCUT2D eigenvalue weighted by Crippen LogP contribution is 2.42. The first-order chi connectivity index (χ1) is 23.8. The minimum atomic E-state index is 0.587. The Morgan fingerprint density at radius 1 is 0.375 bits per heavy atom. The van der Waals surface area contributed by atoms with Crippen LogP contribution in [0.2, 0.25) is 0 Å². The van der Waals surface area contributed by atoms with E-state index in [2.05, 4.69) is 72.8 Å². The fourth-order valence-corrected chi connectivity index (χ4v) is 6.91. The van der Waals surface area contributed by atoms with E-state index < -0.39 is 0 Å². The smallest absolute Gasteiger partial charge is 0.164 e. The second-order valence-corrected chi connectivity index (χ2v) is 12.0. The van der Waals surface area contributed by atoms with E-state index in [4.69, 9.17) is 23.8 Å². The van der Waals surface area contributed by atoms with E-state index in [1.807, 2.05) is 78.9 Å². The fraction of sp³-hybridized carbons (Fsp3) is 0.